The average molecular weight is 376 g/mol. The van der Waals surface area contributed by atoms with Gasteiger partial charge < -0.3 is 10.2 Å². The van der Waals surface area contributed by atoms with Gasteiger partial charge in [-0.2, -0.15) is 0 Å². The molecule has 1 atom stereocenters. The molecule has 1 aromatic heterocycles. The van der Waals surface area contributed by atoms with Crippen molar-refractivity contribution in [3.63, 3.8) is 0 Å². The minimum absolute atomic E-state index is 0.0261. The summed E-state index contributed by atoms with van der Waals surface area (Å²) in [6.45, 7) is 3.57. The topological polar surface area (TPSA) is 52.7 Å². The number of nitrogens with one attached hydrogen (secondary N) is 1. The molecule has 142 valence electrons. The van der Waals surface area contributed by atoms with Crippen molar-refractivity contribution in [2.45, 2.75) is 57.5 Å². The zero-order valence-electron chi connectivity index (χ0n) is 15.6. The van der Waals surface area contributed by atoms with Crippen molar-refractivity contribution < 1.29 is 9.59 Å². The van der Waals surface area contributed by atoms with Crippen molar-refractivity contribution in [1.82, 2.24) is 15.1 Å². The number of hydrogen-bond donors (Lipinski definition) is 1. The zero-order valence-corrected chi connectivity index (χ0v) is 16.4. The van der Waals surface area contributed by atoms with Crippen LogP contribution in [0.3, 0.4) is 0 Å². The van der Waals surface area contributed by atoms with Gasteiger partial charge in [-0.05, 0) is 50.3 Å². The second kappa shape index (κ2) is 7.69. The van der Waals surface area contributed by atoms with E-state index >= 15 is 0 Å². The highest BCUT2D eigenvalue weighted by Gasteiger charge is 2.34. The smallest absolute Gasteiger partial charge is 0.261 e. The highest BCUT2D eigenvalue weighted by Crippen LogP contribution is 2.31. The molecule has 6 heteroatoms. The summed E-state index contributed by atoms with van der Waals surface area (Å²) in [4.78, 5) is 31.7. The predicted molar refractivity (Wildman–Crippen MR) is 103 cm³/mol. The lowest BCUT2D eigenvalue weighted by Crippen LogP contribution is -2.48. The number of amides is 2. The van der Waals surface area contributed by atoms with Gasteiger partial charge in [-0.1, -0.05) is 12.8 Å². The van der Waals surface area contributed by atoms with Crippen molar-refractivity contribution in [1.29, 1.82) is 0 Å². The molecule has 26 heavy (non-hydrogen) atoms. The maximum Gasteiger partial charge on any atom is 0.261 e. The molecule has 3 aliphatic rings. The monoisotopic (exact) mass is 375 g/mol. The van der Waals surface area contributed by atoms with Crippen LogP contribution < -0.4 is 5.32 Å². The van der Waals surface area contributed by atoms with Crippen LogP contribution in [-0.4, -0.2) is 54.3 Å². The van der Waals surface area contributed by atoms with Gasteiger partial charge in [0.25, 0.3) is 5.91 Å². The molecule has 0 bridgehead atoms. The van der Waals surface area contributed by atoms with Crippen LogP contribution in [0.4, 0.5) is 0 Å². The fourth-order valence-corrected chi connectivity index (χ4v) is 5.93. The fraction of sp³-hybridized carbons (Fsp3) is 0.700. The Hall–Kier alpha value is -1.40. The number of nitrogens with zero attached hydrogens (tertiary/aromatic N) is 2. The first kappa shape index (κ1) is 18.0. The highest BCUT2D eigenvalue weighted by atomic mass is 32.1. The molecule has 5 nitrogen and oxygen atoms in total. The summed E-state index contributed by atoms with van der Waals surface area (Å²) in [5, 5.41) is 2.69. The molecule has 1 aliphatic carbocycles. The Morgan fingerprint density at radius 1 is 1.15 bits per heavy atom. The lowest BCUT2D eigenvalue weighted by Gasteiger charge is -2.38. The SMILES string of the molecule is CNC(=O)c1cc2c(s1)CCN(C(=O)[C@H]1CCCN(C3CCCC3)C1)C2. The maximum atomic E-state index is 13.1. The van der Waals surface area contributed by atoms with E-state index in [1.54, 1.807) is 18.4 Å². The molecule has 0 radical (unpaired) electrons. The Balaban J connectivity index is 1.40. The van der Waals surface area contributed by atoms with Crippen LogP contribution in [0.15, 0.2) is 6.07 Å². The number of carbonyl (C=O) groups excluding carboxylic acids is 2. The predicted octanol–water partition coefficient (Wildman–Crippen LogP) is 2.65. The summed E-state index contributed by atoms with van der Waals surface area (Å²) >= 11 is 1.58. The quantitative estimate of drug-likeness (QED) is 0.884. The van der Waals surface area contributed by atoms with Gasteiger partial charge in [0.2, 0.25) is 5.91 Å². The largest absolute Gasteiger partial charge is 0.354 e. The van der Waals surface area contributed by atoms with Crippen molar-refractivity contribution in [3.05, 3.63) is 21.4 Å². The minimum atomic E-state index is -0.0261. The summed E-state index contributed by atoms with van der Waals surface area (Å²) in [6.07, 6.45) is 8.36. The first-order chi connectivity index (χ1) is 12.7. The molecule has 3 heterocycles. The van der Waals surface area contributed by atoms with E-state index in [0.29, 0.717) is 18.5 Å². The van der Waals surface area contributed by atoms with Crippen molar-refractivity contribution >= 4 is 23.2 Å². The Labute approximate surface area is 159 Å². The van der Waals surface area contributed by atoms with Crippen molar-refractivity contribution in [3.8, 4) is 0 Å². The van der Waals surface area contributed by atoms with E-state index in [2.05, 4.69) is 10.2 Å². The Morgan fingerprint density at radius 3 is 2.73 bits per heavy atom. The number of hydrogen-bond acceptors (Lipinski definition) is 4. The van der Waals surface area contributed by atoms with Crippen LogP contribution in [0.2, 0.25) is 0 Å². The van der Waals surface area contributed by atoms with E-state index in [-0.39, 0.29) is 11.8 Å². The Morgan fingerprint density at radius 2 is 1.96 bits per heavy atom. The van der Waals surface area contributed by atoms with E-state index in [1.165, 1.54) is 37.1 Å². The fourth-order valence-electron chi connectivity index (χ4n) is 4.82. The third-order valence-corrected chi connectivity index (χ3v) is 7.51. The molecular weight excluding hydrogens is 346 g/mol. The van der Waals surface area contributed by atoms with E-state index in [1.807, 2.05) is 11.0 Å². The molecule has 1 saturated carbocycles. The summed E-state index contributed by atoms with van der Waals surface area (Å²) in [5.41, 5.74) is 1.16. The van der Waals surface area contributed by atoms with Crippen molar-refractivity contribution in [2.75, 3.05) is 26.7 Å². The highest BCUT2D eigenvalue weighted by molar-refractivity contribution is 7.14. The molecule has 1 N–H and O–H groups in total. The van der Waals surface area contributed by atoms with Gasteiger partial charge in [0.15, 0.2) is 0 Å². The van der Waals surface area contributed by atoms with E-state index in [9.17, 15) is 9.59 Å². The molecule has 0 aromatic carbocycles. The average Bonchev–Trinajstić information content (AvgIpc) is 3.36. The van der Waals surface area contributed by atoms with E-state index in [4.69, 9.17) is 0 Å². The number of thiophene rings is 1. The lowest BCUT2D eigenvalue weighted by atomic mass is 9.94. The number of likely N-dealkylation sites (tertiary alicyclic amines) is 1. The number of carbonyl (C=O) groups is 2. The minimum Gasteiger partial charge on any atom is -0.354 e. The Kier molecular flexibility index (Phi) is 5.32. The van der Waals surface area contributed by atoms with Gasteiger partial charge >= 0.3 is 0 Å². The third kappa shape index (κ3) is 3.54. The molecule has 0 unspecified atom stereocenters. The van der Waals surface area contributed by atoms with Gasteiger partial charge in [0, 0.05) is 37.6 Å². The summed E-state index contributed by atoms with van der Waals surface area (Å²) in [7, 11) is 1.66. The molecule has 2 aliphatic heterocycles. The first-order valence-electron chi connectivity index (χ1n) is 10.0. The number of fused-ring (bicyclic) bond motifs is 1. The standard InChI is InChI=1S/C20H29N3O2S/c1-21-19(24)18-11-15-13-23(10-8-17(15)26-18)20(25)14-5-4-9-22(12-14)16-6-2-3-7-16/h11,14,16H,2-10,12-13H2,1H3,(H,21,24)/t14-/m0/s1. The summed E-state index contributed by atoms with van der Waals surface area (Å²) in [5.74, 6) is 0.454. The normalized spacial score (nSPS) is 24.5. The van der Waals surface area contributed by atoms with Crippen LogP contribution in [0, 0.1) is 5.92 Å². The van der Waals surface area contributed by atoms with Crippen LogP contribution in [0.25, 0.3) is 0 Å². The maximum absolute atomic E-state index is 13.1. The zero-order chi connectivity index (χ0) is 18.1. The molecular formula is C20H29N3O2S. The molecule has 2 fully saturated rings. The van der Waals surface area contributed by atoms with Crippen molar-refractivity contribution in [2.24, 2.45) is 5.92 Å². The summed E-state index contributed by atoms with van der Waals surface area (Å²) in [6, 6.07) is 2.69. The van der Waals surface area contributed by atoms with Crippen LogP contribution in [0.5, 0.6) is 0 Å². The lowest BCUT2D eigenvalue weighted by molar-refractivity contribution is -0.138. The van der Waals surface area contributed by atoms with Crippen LogP contribution >= 0.6 is 11.3 Å². The van der Waals surface area contributed by atoms with Gasteiger partial charge in [-0.25, -0.2) is 0 Å². The first-order valence-corrected chi connectivity index (χ1v) is 10.8. The second-order valence-electron chi connectivity index (χ2n) is 7.92. The van der Waals surface area contributed by atoms with Gasteiger partial charge in [0.1, 0.15) is 0 Å². The van der Waals surface area contributed by atoms with E-state index in [0.717, 1.165) is 42.8 Å². The second-order valence-corrected chi connectivity index (χ2v) is 9.06. The molecule has 2 amide bonds. The molecule has 1 saturated heterocycles. The molecule has 4 rings (SSSR count). The van der Waals surface area contributed by atoms with Gasteiger partial charge in [-0.3, -0.25) is 14.5 Å². The number of rotatable bonds is 3. The van der Waals surface area contributed by atoms with Crippen LogP contribution in [-0.2, 0) is 17.8 Å². The van der Waals surface area contributed by atoms with Gasteiger partial charge in [0.05, 0.1) is 10.8 Å². The van der Waals surface area contributed by atoms with E-state index < -0.39 is 0 Å². The molecule has 0 spiro atoms. The number of piperidine rings is 1. The molecule has 1 aromatic rings. The Bertz CT molecular complexity index is 681. The third-order valence-electron chi connectivity index (χ3n) is 6.27. The summed E-state index contributed by atoms with van der Waals surface area (Å²) < 4.78 is 0. The van der Waals surface area contributed by atoms with Gasteiger partial charge in [-0.15, -0.1) is 11.3 Å². The van der Waals surface area contributed by atoms with Crippen LogP contribution in [0.1, 0.15) is 58.6 Å².